The highest BCUT2D eigenvalue weighted by Gasteiger charge is 2.28. The van der Waals surface area contributed by atoms with Gasteiger partial charge in [-0.1, -0.05) is 0 Å². The molecule has 0 aliphatic carbocycles. The van der Waals surface area contributed by atoms with E-state index in [4.69, 9.17) is 9.47 Å². The number of methoxy groups -OCH3 is 1. The van der Waals surface area contributed by atoms with Crippen molar-refractivity contribution in [3.05, 3.63) is 27.8 Å². The molecule has 30 heavy (non-hydrogen) atoms. The number of ether oxygens (including phenoxy) is 2. The predicted molar refractivity (Wildman–Crippen MR) is 104 cm³/mol. The van der Waals surface area contributed by atoms with Crippen molar-refractivity contribution in [2.75, 3.05) is 26.8 Å². The molecule has 0 aromatic heterocycles. The van der Waals surface area contributed by atoms with Gasteiger partial charge in [0.15, 0.2) is 11.5 Å². The Labute approximate surface area is 173 Å². The third-order valence-corrected chi connectivity index (χ3v) is 4.58. The maximum atomic E-state index is 11.9. The zero-order valence-electron chi connectivity index (χ0n) is 16.9. The topological polar surface area (TPSA) is 148 Å². The Balaban J connectivity index is 1.81. The number of nitro benzene ring substituents is 1. The standard InChI is InChI=1S/C19H25N3O8/c1-12(23)13-10-15(29-2)16(11-14(13)22(27)28)30-9-3-4-17(24)20-7-8-21-18(25)5-6-19(21)26/h10-12,23H,3-9H2,1-2H3,(H,20,24). The number of carbonyl (C=O) groups is 3. The fraction of sp³-hybridized carbons (Fsp3) is 0.526. The first-order valence-electron chi connectivity index (χ1n) is 9.51. The summed E-state index contributed by atoms with van der Waals surface area (Å²) in [5.41, 5.74) is -0.178. The van der Waals surface area contributed by atoms with E-state index >= 15 is 0 Å². The fourth-order valence-corrected chi connectivity index (χ4v) is 3.01. The summed E-state index contributed by atoms with van der Waals surface area (Å²) in [7, 11) is 1.38. The molecule has 1 saturated heterocycles. The Morgan fingerprint density at radius 2 is 1.97 bits per heavy atom. The van der Waals surface area contributed by atoms with Crippen LogP contribution in [0.25, 0.3) is 0 Å². The molecule has 3 amide bonds. The van der Waals surface area contributed by atoms with Gasteiger partial charge < -0.3 is 19.9 Å². The molecule has 164 valence electrons. The molecule has 2 N–H and O–H groups in total. The van der Waals surface area contributed by atoms with E-state index in [-0.39, 0.29) is 79.4 Å². The van der Waals surface area contributed by atoms with Gasteiger partial charge in [0.2, 0.25) is 17.7 Å². The lowest BCUT2D eigenvalue weighted by Gasteiger charge is -2.15. The van der Waals surface area contributed by atoms with Crippen LogP contribution in [0.4, 0.5) is 5.69 Å². The number of nitrogens with one attached hydrogen (secondary N) is 1. The number of likely N-dealkylation sites (tertiary alicyclic amines) is 1. The first-order valence-corrected chi connectivity index (χ1v) is 9.51. The van der Waals surface area contributed by atoms with Crippen molar-refractivity contribution < 1.29 is 33.9 Å². The number of amides is 3. The zero-order valence-corrected chi connectivity index (χ0v) is 16.9. The molecular weight excluding hydrogens is 398 g/mol. The SMILES string of the molecule is COc1cc(C(C)O)c([N+](=O)[O-])cc1OCCCC(=O)NCCN1C(=O)CCC1=O. The normalized spacial score (nSPS) is 14.6. The number of aliphatic hydroxyl groups excluding tert-OH is 1. The molecule has 1 aromatic rings. The van der Waals surface area contributed by atoms with E-state index in [1.165, 1.54) is 26.2 Å². The van der Waals surface area contributed by atoms with Crippen molar-refractivity contribution in [2.45, 2.75) is 38.7 Å². The number of rotatable bonds is 11. The Bertz CT molecular complexity index is 808. The molecule has 0 saturated carbocycles. The number of nitro groups is 1. The highest BCUT2D eigenvalue weighted by molar-refractivity contribution is 6.01. The molecular formula is C19H25N3O8. The van der Waals surface area contributed by atoms with E-state index in [1.54, 1.807) is 0 Å². The highest BCUT2D eigenvalue weighted by Crippen LogP contribution is 2.37. The highest BCUT2D eigenvalue weighted by atomic mass is 16.6. The minimum absolute atomic E-state index is 0.109. The van der Waals surface area contributed by atoms with Gasteiger partial charge in [0.25, 0.3) is 5.69 Å². The van der Waals surface area contributed by atoms with Gasteiger partial charge in [-0.25, -0.2) is 0 Å². The van der Waals surface area contributed by atoms with E-state index in [2.05, 4.69) is 5.32 Å². The summed E-state index contributed by atoms with van der Waals surface area (Å²) in [4.78, 5) is 46.6. The average Bonchev–Trinajstić information content (AvgIpc) is 3.02. The number of benzene rings is 1. The third-order valence-electron chi connectivity index (χ3n) is 4.58. The van der Waals surface area contributed by atoms with E-state index in [9.17, 15) is 29.6 Å². The summed E-state index contributed by atoms with van der Waals surface area (Å²) in [6.07, 6.45) is -0.155. The first-order chi connectivity index (χ1) is 14.2. The van der Waals surface area contributed by atoms with Gasteiger partial charge in [-0.15, -0.1) is 0 Å². The Hall–Kier alpha value is -3.21. The molecule has 1 aliphatic rings. The van der Waals surface area contributed by atoms with Crippen LogP contribution in [0.2, 0.25) is 0 Å². The van der Waals surface area contributed by atoms with Crippen molar-refractivity contribution in [3.63, 3.8) is 0 Å². The molecule has 0 radical (unpaired) electrons. The lowest BCUT2D eigenvalue weighted by atomic mass is 10.1. The van der Waals surface area contributed by atoms with Crippen LogP contribution in [-0.4, -0.2) is 59.5 Å². The molecule has 11 heteroatoms. The van der Waals surface area contributed by atoms with Crippen LogP contribution in [0.3, 0.4) is 0 Å². The van der Waals surface area contributed by atoms with Crippen LogP contribution in [-0.2, 0) is 14.4 Å². The van der Waals surface area contributed by atoms with Gasteiger partial charge >= 0.3 is 0 Å². The van der Waals surface area contributed by atoms with E-state index in [1.807, 2.05) is 0 Å². The fourth-order valence-electron chi connectivity index (χ4n) is 3.01. The van der Waals surface area contributed by atoms with Crippen LogP contribution >= 0.6 is 0 Å². The number of nitrogens with zero attached hydrogens (tertiary/aromatic N) is 2. The van der Waals surface area contributed by atoms with Crippen LogP contribution in [0.15, 0.2) is 12.1 Å². The van der Waals surface area contributed by atoms with Crippen molar-refractivity contribution in [3.8, 4) is 11.5 Å². The molecule has 2 rings (SSSR count). The maximum absolute atomic E-state index is 11.9. The van der Waals surface area contributed by atoms with Gasteiger partial charge in [-0.05, 0) is 19.4 Å². The number of carbonyl (C=O) groups excluding carboxylic acids is 3. The molecule has 1 atom stereocenters. The molecule has 1 aromatic carbocycles. The monoisotopic (exact) mass is 423 g/mol. The van der Waals surface area contributed by atoms with Crippen molar-refractivity contribution in [1.82, 2.24) is 10.2 Å². The largest absolute Gasteiger partial charge is 0.493 e. The molecule has 1 fully saturated rings. The number of hydrogen-bond donors (Lipinski definition) is 2. The van der Waals surface area contributed by atoms with Crippen molar-refractivity contribution >= 4 is 23.4 Å². The average molecular weight is 423 g/mol. The summed E-state index contributed by atoms with van der Waals surface area (Å²) < 4.78 is 10.7. The molecule has 11 nitrogen and oxygen atoms in total. The van der Waals surface area contributed by atoms with Gasteiger partial charge in [0, 0.05) is 32.4 Å². The minimum atomic E-state index is -1.05. The molecule has 1 unspecified atom stereocenters. The van der Waals surface area contributed by atoms with Gasteiger partial charge in [-0.3, -0.25) is 29.4 Å². The van der Waals surface area contributed by atoms with Gasteiger partial charge in [0.05, 0.1) is 36.4 Å². The molecule has 0 spiro atoms. The Kier molecular flexibility index (Phi) is 8.10. The number of imide groups is 1. The van der Waals surface area contributed by atoms with E-state index < -0.39 is 11.0 Å². The second-order valence-corrected chi connectivity index (χ2v) is 6.74. The maximum Gasteiger partial charge on any atom is 0.279 e. The second-order valence-electron chi connectivity index (χ2n) is 6.74. The molecule has 1 aliphatic heterocycles. The van der Waals surface area contributed by atoms with Crippen LogP contribution in [0.1, 0.15) is 44.3 Å². The summed E-state index contributed by atoms with van der Waals surface area (Å²) in [6.45, 7) is 1.85. The van der Waals surface area contributed by atoms with Gasteiger partial charge in [-0.2, -0.15) is 0 Å². The minimum Gasteiger partial charge on any atom is -0.493 e. The summed E-state index contributed by atoms with van der Waals surface area (Å²) in [5, 5.41) is 23.6. The summed E-state index contributed by atoms with van der Waals surface area (Å²) >= 11 is 0. The third kappa shape index (κ3) is 5.89. The Morgan fingerprint density at radius 3 is 2.53 bits per heavy atom. The summed E-state index contributed by atoms with van der Waals surface area (Å²) in [6, 6.07) is 2.54. The molecule has 1 heterocycles. The van der Waals surface area contributed by atoms with Crippen molar-refractivity contribution in [2.24, 2.45) is 0 Å². The van der Waals surface area contributed by atoms with Crippen LogP contribution in [0, 0.1) is 10.1 Å². The van der Waals surface area contributed by atoms with Crippen LogP contribution in [0.5, 0.6) is 11.5 Å². The number of hydrogen-bond acceptors (Lipinski definition) is 8. The summed E-state index contributed by atoms with van der Waals surface area (Å²) in [5.74, 6) is -0.347. The second kappa shape index (κ2) is 10.5. The van der Waals surface area contributed by atoms with Crippen LogP contribution < -0.4 is 14.8 Å². The smallest absolute Gasteiger partial charge is 0.279 e. The van der Waals surface area contributed by atoms with E-state index in [0.29, 0.717) is 6.42 Å². The van der Waals surface area contributed by atoms with E-state index in [0.717, 1.165) is 4.90 Å². The number of aliphatic hydroxyl groups is 1. The lowest BCUT2D eigenvalue weighted by molar-refractivity contribution is -0.386. The van der Waals surface area contributed by atoms with Gasteiger partial charge in [0.1, 0.15) is 0 Å². The molecule has 0 bridgehead atoms. The predicted octanol–water partition coefficient (Wildman–Crippen LogP) is 1.08. The zero-order chi connectivity index (χ0) is 22.3. The quantitative estimate of drug-likeness (QED) is 0.232. The first kappa shape index (κ1) is 23.1. The lowest BCUT2D eigenvalue weighted by Crippen LogP contribution is -2.37. The Morgan fingerprint density at radius 1 is 1.30 bits per heavy atom. The van der Waals surface area contributed by atoms with Crippen molar-refractivity contribution in [1.29, 1.82) is 0 Å².